The number of ether oxygens (including phenoxy) is 2. The van der Waals surface area contributed by atoms with E-state index < -0.39 is 0 Å². The van der Waals surface area contributed by atoms with Crippen LogP contribution in [0.3, 0.4) is 0 Å². The molecule has 0 saturated carbocycles. The zero-order valence-electron chi connectivity index (χ0n) is 15.3. The van der Waals surface area contributed by atoms with Crippen LogP contribution in [0.25, 0.3) is 11.4 Å². The van der Waals surface area contributed by atoms with Crippen molar-refractivity contribution in [1.29, 1.82) is 0 Å². The molecule has 0 unspecified atom stereocenters. The number of methoxy groups -OCH3 is 2. The van der Waals surface area contributed by atoms with Crippen LogP contribution in [0.1, 0.15) is 6.92 Å². The molecule has 0 spiro atoms. The third-order valence-electron chi connectivity index (χ3n) is 3.63. The number of benzene rings is 1. The van der Waals surface area contributed by atoms with E-state index in [1.165, 1.54) is 11.8 Å². The lowest BCUT2D eigenvalue weighted by Crippen LogP contribution is -2.33. The van der Waals surface area contributed by atoms with Crippen LogP contribution in [0.5, 0.6) is 5.75 Å². The molecular formula is C18H24N4O3S. The smallest absolute Gasteiger partial charge is 0.233 e. The van der Waals surface area contributed by atoms with Crippen LogP contribution in [-0.2, 0) is 16.1 Å². The Hall–Kier alpha value is -2.32. The molecule has 0 aliphatic heterocycles. The lowest BCUT2D eigenvalue weighted by molar-refractivity contribution is -0.120. The summed E-state index contributed by atoms with van der Waals surface area (Å²) in [7, 11) is 3.22. The van der Waals surface area contributed by atoms with Crippen molar-refractivity contribution in [2.45, 2.75) is 23.9 Å². The lowest BCUT2D eigenvalue weighted by atomic mass is 10.2. The van der Waals surface area contributed by atoms with E-state index in [1.807, 2.05) is 35.8 Å². The van der Waals surface area contributed by atoms with Crippen LogP contribution in [0.2, 0.25) is 0 Å². The van der Waals surface area contributed by atoms with Gasteiger partial charge in [0, 0.05) is 20.2 Å². The fourth-order valence-electron chi connectivity index (χ4n) is 2.33. The highest BCUT2D eigenvalue weighted by Gasteiger charge is 2.21. The molecule has 140 valence electrons. The van der Waals surface area contributed by atoms with Crippen molar-refractivity contribution in [3.63, 3.8) is 0 Å². The molecule has 1 aromatic carbocycles. The van der Waals surface area contributed by atoms with Gasteiger partial charge in [-0.15, -0.1) is 16.8 Å². The quantitative estimate of drug-likeness (QED) is 0.390. The fourth-order valence-corrected chi connectivity index (χ4v) is 3.21. The number of hydrogen-bond donors (Lipinski definition) is 1. The Bertz CT molecular complexity index is 748. The van der Waals surface area contributed by atoms with E-state index in [0.29, 0.717) is 36.4 Å². The number of amides is 1. The molecule has 1 amide bonds. The lowest BCUT2D eigenvalue weighted by Gasteiger charge is -2.13. The molecule has 1 atom stereocenters. The molecule has 0 fully saturated rings. The van der Waals surface area contributed by atoms with Crippen molar-refractivity contribution in [2.24, 2.45) is 0 Å². The molecule has 26 heavy (non-hydrogen) atoms. The van der Waals surface area contributed by atoms with Crippen LogP contribution >= 0.6 is 11.8 Å². The molecule has 1 N–H and O–H groups in total. The summed E-state index contributed by atoms with van der Waals surface area (Å²) in [5, 5.41) is 11.8. The molecule has 1 heterocycles. The minimum atomic E-state index is -0.315. The number of para-hydroxylation sites is 1. The molecule has 2 rings (SSSR count). The first-order chi connectivity index (χ1) is 12.6. The third kappa shape index (κ3) is 4.86. The van der Waals surface area contributed by atoms with Gasteiger partial charge >= 0.3 is 0 Å². The Morgan fingerprint density at radius 1 is 1.38 bits per heavy atom. The highest BCUT2D eigenvalue weighted by Crippen LogP contribution is 2.32. The molecule has 1 aromatic heterocycles. The monoisotopic (exact) mass is 376 g/mol. The second-order valence-electron chi connectivity index (χ2n) is 5.45. The number of rotatable bonds is 10. The second-order valence-corrected chi connectivity index (χ2v) is 6.76. The van der Waals surface area contributed by atoms with Crippen LogP contribution in [0, 0.1) is 0 Å². The molecule has 0 radical (unpaired) electrons. The predicted octanol–water partition coefficient (Wildman–Crippen LogP) is 2.38. The zero-order chi connectivity index (χ0) is 18.9. The van der Waals surface area contributed by atoms with Gasteiger partial charge in [-0.25, -0.2) is 0 Å². The van der Waals surface area contributed by atoms with Crippen LogP contribution in [0.15, 0.2) is 42.1 Å². The third-order valence-corrected chi connectivity index (χ3v) is 4.71. The van der Waals surface area contributed by atoms with E-state index in [-0.39, 0.29) is 11.2 Å². The standard InChI is InChI=1S/C18H24N4O3S/c1-5-11-22-16(14-8-6-7-9-15(14)25-4)20-21-18(22)26-13(2)17(23)19-10-12-24-3/h5-9,13H,1,10-12H2,2-4H3,(H,19,23)/t13-/m1/s1. The predicted molar refractivity (Wildman–Crippen MR) is 102 cm³/mol. The number of hydrogen-bond acceptors (Lipinski definition) is 6. The van der Waals surface area contributed by atoms with Gasteiger partial charge in [0.2, 0.25) is 5.91 Å². The van der Waals surface area contributed by atoms with Gasteiger partial charge in [0.05, 0.1) is 24.5 Å². The van der Waals surface area contributed by atoms with E-state index in [0.717, 1.165) is 5.56 Å². The summed E-state index contributed by atoms with van der Waals surface area (Å²) in [6.07, 6.45) is 1.77. The van der Waals surface area contributed by atoms with Crippen molar-refractivity contribution in [3.05, 3.63) is 36.9 Å². The summed E-state index contributed by atoms with van der Waals surface area (Å²) in [6.45, 7) is 7.13. The van der Waals surface area contributed by atoms with E-state index >= 15 is 0 Å². The number of nitrogens with one attached hydrogen (secondary N) is 1. The summed E-state index contributed by atoms with van der Waals surface area (Å²) >= 11 is 1.35. The maximum Gasteiger partial charge on any atom is 0.233 e. The second kappa shape index (κ2) is 9.98. The van der Waals surface area contributed by atoms with Gasteiger partial charge in [-0.2, -0.15) is 0 Å². The molecular weight excluding hydrogens is 352 g/mol. The van der Waals surface area contributed by atoms with Gasteiger partial charge < -0.3 is 14.8 Å². The highest BCUT2D eigenvalue weighted by atomic mass is 32.2. The number of carbonyl (C=O) groups excluding carboxylic acids is 1. The van der Waals surface area contributed by atoms with Gasteiger partial charge in [-0.3, -0.25) is 9.36 Å². The van der Waals surface area contributed by atoms with Gasteiger partial charge in [0.15, 0.2) is 11.0 Å². The Kier molecular flexibility index (Phi) is 7.68. The molecule has 0 aliphatic rings. The first kappa shape index (κ1) is 20.0. The fraction of sp³-hybridized carbons (Fsp3) is 0.389. The number of aromatic nitrogens is 3. The summed E-state index contributed by atoms with van der Waals surface area (Å²) in [6, 6.07) is 7.63. The van der Waals surface area contributed by atoms with E-state index in [2.05, 4.69) is 22.1 Å². The van der Waals surface area contributed by atoms with Crippen molar-refractivity contribution >= 4 is 17.7 Å². The number of nitrogens with zero attached hydrogens (tertiary/aromatic N) is 3. The summed E-state index contributed by atoms with van der Waals surface area (Å²) < 4.78 is 12.3. The summed E-state index contributed by atoms with van der Waals surface area (Å²) in [5.41, 5.74) is 0.841. The van der Waals surface area contributed by atoms with Crippen LogP contribution in [0.4, 0.5) is 0 Å². The number of allylic oxidation sites excluding steroid dienone is 1. The van der Waals surface area contributed by atoms with Gasteiger partial charge in [0.1, 0.15) is 5.75 Å². The molecule has 0 saturated heterocycles. The van der Waals surface area contributed by atoms with Crippen molar-refractivity contribution < 1.29 is 14.3 Å². The van der Waals surface area contributed by atoms with Crippen molar-refractivity contribution in [3.8, 4) is 17.1 Å². The number of thioether (sulfide) groups is 1. The van der Waals surface area contributed by atoms with E-state index in [4.69, 9.17) is 9.47 Å². The van der Waals surface area contributed by atoms with Crippen LogP contribution < -0.4 is 10.1 Å². The minimum absolute atomic E-state index is 0.0703. The van der Waals surface area contributed by atoms with Gasteiger partial charge in [-0.05, 0) is 19.1 Å². The molecule has 8 heteroatoms. The minimum Gasteiger partial charge on any atom is -0.496 e. The summed E-state index contributed by atoms with van der Waals surface area (Å²) in [5.74, 6) is 1.32. The Balaban J connectivity index is 2.23. The number of carbonyl (C=O) groups is 1. The molecule has 0 bridgehead atoms. The van der Waals surface area contributed by atoms with E-state index in [9.17, 15) is 4.79 Å². The molecule has 7 nitrogen and oxygen atoms in total. The average molecular weight is 376 g/mol. The maximum atomic E-state index is 12.2. The molecule has 0 aliphatic carbocycles. The topological polar surface area (TPSA) is 78.3 Å². The van der Waals surface area contributed by atoms with Crippen molar-refractivity contribution in [2.75, 3.05) is 27.4 Å². The first-order valence-corrected chi connectivity index (χ1v) is 9.11. The zero-order valence-corrected chi connectivity index (χ0v) is 16.1. The SMILES string of the molecule is C=CCn1c(S[C@H](C)C(=O)NCCOC)nnc1-c1ccccc1OC. The Morgan fingerprint density at radius 2 is 2.15 bits per heavy atom. The highest BCUT2D eigenvalue weighted by molar-refractivity contribution is 8.00. The van der Waals surface area contributed by atoms with Gasteiger partial charge in [-0.1, -0.05) is 30.0 Å². The molecule has 2 aromatic rings. The first-order valence-electron chi connectivity index (χ1n) is 8.23. The maximum absolute atomic E-state index is 12.2. The van der Waals surface area contributed by atoms with E-state index in [1.54, 1.807) is 20.3 Å². The summed E-state index contributed by atoms with van der Waals surface area (Å²) in [4.78, 5) is 12.2. The Labute approximate surface area is 157 Å². The normalized spacial score (nSPS) is 11.8. The largest absolute Gasteiger partial charge is 0.496 e. The van der Waals surface area contributed by atoms with Crippen molar-refractivity contribution in [1.82, 2.24) is 20.1 Å². The Morgan fingerprint density at radius 3 is 2.85 bits per heavy atom. The average Bonchev–Trinajstić information content (AvgIpc) is 3.04. The van der Waals surface area contributed by atoms with Gasteiger partial charge in [0.25, 0.3) is 0 Å². The van der Waals surface area contributed by atoms with Crippen LogP contribution in [-0.4, -0.2) is 53.3 Å².